The molecular formula is C19H30N4O3S. The minimum Gasteiger partial charge on any atom is -0.354 e. The van der Waals surface area contributed by atoms with Gasteiger partial charge in [-0.05, 0) is 52.0 Å². The number of rotatable bonds is 6. The second-order valence-electron chi connectivity index (χ2n) is 7.65. The molecule has 0 aromatic carbocycles. The number of likely N-dealkylation sites (tertiary alicyclic amines) is 1. The average Bonchev–Trinajstić information content (AvgIpc) is 3.28. The topological polar surface area (TPSA) is 83.4 Å². The lowest BCUT2D eigenvalue weighted by Gasteiger charge is -2.33. The number of carbonyl (C=O) groups is 2. The van der Waals surface area contributed by atoms with Crippen LogP contribution in [-0.4, -0.2) is 53.5 Å². The molecule has 2 saturated heterocycles. The fourth-order valence-electron chi connectivity index (χ4n) is 3.95. The first-order chi connectivity index (χ1) is 13.0. The van der Waals surface area contributed by atoms with Crippen molar-refractivity contribution >= 4 is 23.2 Å². The van der Waals surface area contributed by atoms with E-state index in [-0.39, 0.29) is 22.7 Å². The largest absolute Gasteiger partial charge is 0.354 e. The third kappa shape index (κ3) is 4.99. The van der Waals surface area contributed by atoms with Gasteiger partial charge in [0.05, 0.1) is 6.04 Å². The van der Waals surface area contributed by atoms with Gasteiger partial charge in [-0.3, -0.25) is 14.4 Å². The van der Waals surface area contributed by atoms with Crippen LogP contribution in [0.25, 0.3) is 0 Å². The molecule has 2 unspecified atom stereocenters. The van der Waals surface area contributed by atoms with Crippen LogP contribution in [0, 0.1) is 19.8 Å². The van der Waals surface area contributed by atoms with Crippen molar-refractivity contribution in [3.8, 4) is 0 Å². The normalized spacial score (nSPS) is 22.8. The summed E-state index contributed by atoms with van der Waals surface area (Å²) in [5.74, 6) is 0.484. The first-order valence-corrected chi connectivity index (χ1v) is 10.7. The Morgan fingerprint density at radius 1 is 1.26 bits per heavy atom. The number of aromatic nitrogens is 1. The van der Waals surface area contributed by atoms with Gasteiger partial charge in [0.1, 0.15) is 0 Å². The summed E-state index contributed by atoms with van der Waals surface area (Å²) in [6.07, 6.45) is 4.30. The Labute approximate surface area is 164 Å². The van der Waals surface area contributed by atoms with Crippen LogP contribution >= 0.6 is 11.3 Å². The number of hydrogen-bond acceptors (Lipinski definition) is 5. The molecule has 3 heterocycles. The van der Waals surface area contributed by atoms with Crippen molar-refractivity contribution in [3.05, 3.63) is 20.2 Å². The predicted molar refractivity (Wildman–Crippen MR) is 106 cm³/mol. The van der Waals surface area contributed by atoms with E-state index in [0.717, 1.165) is 49.3 Å². The predicted octanol–water partition coefficient (Wildman–Crippen LogP) is 1.02. The number of thiazole rings is 1. The monoisotopic (exact) mass is 394 g/mol. The number of nitrogens with one attached hydrogen (secondary N) is 2. The number of carbonyl (C=O) groups excluding carboxylic acids is 2. The molecule has 2 aliphatic heterocycles. The highest BCUT2D eigenvalue weighted by Crippen LogP contribution is 2.17. The van der Waals surface area contributed by atoms with E-state index in [2.05, 4.69) is 10.6 Å². The van der Waals surface area contributed by atoms with Gasteiger partial charge in [0.25, 0.3) is 0 Å². The van der Waals surface area contributed by atoms with Crippen molar-refractivity contribution in [2.45, 2.75) is 58.5 Å². The van der Waals surface area contributed by atoms with E-state index in [4.69, 9.17) is 0 Å². The van der Waals surface area contributed by atoms with Crippen molar-refractivity contribution in [1.29, 1.82) is 0 Å². The third-order valence-electron chi connectivity index (χ3n) is 5.74. The Balaban J connectivity index is 1.46. The number of piperidine rings is 1. The number of amides is 2. The Hall–Kier alpha value is -1.67. The van der Waals surface area contributed by atoms with E-state index in [9.17, 15) is 14.4 Å². The van der Waals surface area contributed by atoms with Crippen molar-refractivity contribution in [2.24, 2.45) is 5.92 Å². The zero-order chi connectivity index (χ0) is 19.4. The maximum Gasteiger partial charge on any atom is 0.307 e. The summed E-state index contributed by atoms with van der Waals surface area (Å²) in [7, 11) is 0. The average molecular weight is 395 g/mol. The molecule has 27 heavy (non-hydrogen) atoms. The minimum atomic E-state index is -0.0538. The molecule has 2 amide bonds. The molecular weight excluding hydrogens is 364 g/mol. The molecule has 8 heteroatoms. The van der Waals surface area contributed by atoms with E-state index in [0.29, 0.717) is 32.0 Å². The summed E-state index contributed by atoms with van der Waals surface area (Å²) in [6.45, 7) is 7.30. The van der Waals surface area contributed by atoms with Crippen LogP contribution in [-0.2, 0) is 16.1 Å². The van der Waals surface area contributed by atoms with Crippen molar-refractivity contribution in [1.82, 2.24) is 20.1 Å². The van der Waals surface area contributed by atoms with Gasteiger partial charge in [0.15, 0.2) is 0 Å². The van der Waals surface area contributed by atoms with Crippen molar-refractivity contribution < 1.29 is 9.59 Å². The van der Waals surface area contributed by atoms with Crippen LogP contribution in [0.1, 0.15) is 42.7 Å². The molecule has 0 bridgehead atoms. The summed E-state index contributed by atoms with van der Waals surface area (Å²) in [5.41, 5.74) is 0.956. The zero-order valence-corrected chi connectivity index (χ0v) is 17.1. The molecule has 2 atom stereocenters. The second kappa shape index (κ2) is 9.01. The maximum absolute atomic E-state index is 12.6. The molecule has 1 aromatic rings. The highest BCUT2D eigenvalue weighted by Gasteiger charge is 2.26. The van der Waals surface area contributed by atoms with Crippen molar-refractivity contribution in [3.63, 3.8) is 0 Å². The minimum absolute atomic E-state index is 0.0116. The van der Waals surface area contributed by atoms with Crippen LogP contribution in [0.5, 0.6) is 0 Å². The van der Waals surface area contributed by atoms with E-state index in [1.54, 1.807) is 4.57 Å². The molecule has 150 valence electrons. The highest BCUT2D eigenvalue weighted by atomic mass is 32.1. The molecule has 0 spiro atoms. The molecule has 3 rings (SSSR count). The highest BCUT2D eigenvalue weighted by molar-refractivity contribution is 7.09. The molecule has 2 fully saturated rings. The summed E-state index contributed by atoms with van der Waals surface area (Å²) in [5, 5.41) is 6.26. The van der Waals surface area contributed by atoms with E-state index in [1.807, 2.05) is 18.7 Å². The summed E-state index contributed by atoms with van der Waals surface area (Å²) < 4.78 is 1.70. The fraction of sp³-hybridized carbons (Fsp3) is 0.737. The van der Waals surface area contributed by atoms with Crippen LogP contribution in [0.4, 0.5) is 0 Å². The molecule has 0 radical (unpaired) electrons. The van der Waals surface area contributed by atoms with Crippen LogP contribution < -0.4 is 15.5 Å². The summed E-state index contributed by atoms with van der Waals surface area (Å²) >= 11 is 1.24. The van der Waals surface area contributed by atoms with Gasteiger partial charge >= 0.3 is 4.87 Å². The van der Waals surface area contributed by atoms with Gasteiger partial charge in [-0.1, -0.05) is 11.3 Å². The first kappa shape index (κ1) is 20.1. The molecule has 0 saturated carbocycles. The Morgan fingerprint density at radius 2 is 2.07 bits per heavy atom. The maximum atomic E-state index is 12.6. The van der Waals surface area contributed by atoms with Crippen molar-refractivity contribution in [2.75, 3.05) is 26.2 Å². The fourth-order valence-corrected chi connectivity index (χ4v) is 4.80. The number of hydrogen-bond donors (Lipinski definition) is 2. The Kier molecular flexibility index (Phi) is 6.70. The summed E-state index contributed by atoms with van der Waals surface area (Å²) in [6, 6.07) is -0.0538. The number of nitrogens with zero attached hydrogens (tertiary/aromatic N) is 2. The van der Waals surface area contributed by atoms with Crippen LogP contribution in [0.3, 0.4) is 0 Å². The molecule has 7 nitrogen and oxygen atoms in total. The quantitative estimate of drug-likeness (QED) is 0.755. The molecule has 2 N–H and O–H groups in total. The van der Waals surface area contributed by atoms with E-state index in [1.165, 1.54) is 11.3 Å². The molecule has 0 aliphatic carbocycles. The summed E-state index contributed by atoms with van der Waals surface area (Å²) in [4.78, 5) is 39.6. The van der Waals surface area contributed by atoms with Gasteiger partial charge in [-0.2, -0.15) is 0 Å². The van der Waals surface area contributed by atoms with Gasteiger partial charge in [-0.15, -0.1) is 0 Å². The Morgan fingerprint density at radius 3 is 2.74 bits per heavy atom. The lowest BCUT2D eigenvalue weighted by molar-refractivity contribution is -0.133. The third-order valence-corrected chi connectivity index (χ3v) is 6.73. The smallest absolute Gasteiger partial charge is 0.307 e. The lowest BCUT2D eigenvalue weighted by atomic mass is 9.97. The molecule has 2 aliphatic rings. The SMILES string of the molecule is Cc1sc(=O)n(CCC(=O)N2CCCC(CNC(=O)C3CCCN3)C2)c1C. The van der Waals surface area contributed by atoms with E-state index >= 15 is 0 Å². The Bertz CT molecular complexity index is 736. The van der Waals surface area contributed by atoms with E-state index < -0.39 is 0 Å². The van der Waals surface area contributed by atoms with Crippen LogP contribution in [0.15, 0.2) is 4.79 Å². The second-order valence-corrected chi connectivity index (χ2v) is 8.82. The van der Waals surface area contributed by atoms with Gasteiger partial charge < -0.3 is 20.1 Å². The van der Waals surface area contributed by atoms with Crippen LogP contribution in [0.2, 0.25) is 0 Å². The number of aryl methyl sites for hydroxylation is 1. The van der Waals surface area contributed by atoms with Gasteiger partial charge in [0.2, 0.25) is 11.8 Å². The van der Waals surface area contributed by atoms with Gasteiger partial charge in [0, 0.05) is 43.2 Å². The first-order valence-electron chi connectivity index (χ1n) is 9.91. The van der Waals surface area contributed by atoms with Gasteiger partial charge in [-0.25, -0.2) is 0 Å². The standard InChI is InChI=1S/C19H30N4O3S/c1-13-14(2)27-19(26)23(13)10-7-17(24)22-9-4-5-15(12-22)11-21-18(25)16-6-3-8-20-16/h15-16,20H,3-12H2,1-2H3,(H,21,25). The zero-order valence-electron chi connectivity index (χ0n) is 16.3. The lowest BCUT2D eigenvalue weighted by Crippen LogP contribution is -2.46. The molecule has 1 aromatic heterocycles.